The number of ether oxygens (including phenoxy) is 2. The van der Waals surface area contributed by atoms with Crippen LogP contribution in [0.4, 0.5) is 4.39 Å². The van der Waals surface area contributed by atoms with Crippen molar-refractivity contribution in [2.45, 2.75) is 6.54 Å². The van der Waals surface area contributed by atoms with Crippen LogP contribution in [0.1, 0.15) is 10.4 Å². The molecule has 5 nitrogen and oxygen atoms in total. The number of para-hydroxylation sites is 1. The first kappa shape index (κ1) is 16.5. The maximum absolute atomic E-state index is 14.2. The van der Waals surface area contributed by atoms with E-state index in [9.17, 15) is 9.18 Å². The predicted molar refractivity (Wildman–Crippen MR) is 97.3 cm³/mol. The van der Waals surface area contributed by atoms with Gasteiger partial charge in [0.25, 0.3) is 5.91 Å². The number of hydrogen-bond donors (Lipinski definition) is 0. The summed E-state index contributed by atoms with van der Waals surface area (Å²) in [7, 11) is 0. The number of halogens is 1. The van der Waals surface area contributed by atoms with Gasteiger partial charge in [-0.25, -0.2) is 4.39 Å². The molecule has 0 unspecified atom stereocenters. The highest BCUT2D eigenvalue weighted by Gasteiger charge is 2.16. The second-order valence-electron chi connectivity index (χ2n) is 5.65. The molecular weight excluding hydrogens is 355 g/mol. The van der Waals surface area contributed by atoms with Crippen LogP contribution >= 0.6 is 11.3 Å². The molecule has 0 saturated carbocycles. The molecule has 1 aromatic heterocycles. The average molecular weight is 370 g/mol. The third-order valence-electron chi connectivity index (χ3n) is 3.95. The summed E-state index contributed by atoms with van der Waals surface area (Å²) in [5.74, 6) is 0.359. The van der Waals surface area contributed by atoms with Crippen molar-refractivity contribution in [3.63, 3.8) is 0 Å². The number of benzene rings is 2. The highest BCUT2D eigenvalue weighted by molar-refractivity contribution is 7.16. The molecule has 3 aromatic rings. The number of allylic oxidation sites excluding steroid dienone is 1. The molecule has 2 aromatic carbocycles. The number of nitrogens with zero attached hydrogens (tertiary/aromatic N) is 2. The van der Waals surface area contributed by atoms with Crippen LogP contribution in [-0.2, 0) is 6.54 Å². The minimum absolute atomic E-state index is 0.353. The van der Waals surface area contributed by atoms with E-state index in [1.165, 1.54) is 17.4 Å². The third kappa shape index (κ3) is 2.90. The molecule has 7 heteroatoms. The van der Waals surface area contributed by atoms with Crippen molar-refractivity contribution in [2.75, 3.05) is 13.2 Å². The van der Waals surface area contributed by atoms with Crippen LogP contribution in [0.15, 0.2) is 54.0 Å². The van der Waals surface area contributed by atoms with Crippen molar-refractivity contribution in [2.24, 2.45) is 4.99 Å². The van der Waals surface area contributed by atoms with E-state index in [0.29, 0.717) is 47.1 Å². The largest absolute Gasteiger partial charge is 0.486 e. The smallest absolute Gasteiger partial charge is 0.279 e. The lowest BCUT2D eigenvalue weighted by Crippen LogP contribution is -2.17. The zero-order chi connectivity index (χ0) is 18.1. The number of aromatic nitrogens is 1. The van der Waals surface area contributed by atoms with E-state index in [1.54, 1.807) is 41.0 Å². The van der Waals surface area contributed by atoms with Crippen molar-refractivity contribution < 1.29 is 18.7 Å². The lowest BCUT2D eigenvalue weighted by atomic mass is 10.2. The minimum atomic E-state index is -0.424. The quantitative estimate of drug-likeness (QED) is 0.663. The van der Waals surface area contributed by atoms with Crippen LogP contribution in [0.25, 0.3) is 10.2 Å². The van der Waals surface area contributed by atoms with Gasteiger partial charge in [-0.05, 0) is 30.3 Å². The maximum Gasteiger partial charge on any atom is 0.279 e. The van der Waals surface area contributed by atoms with E-state index in [4.69, 9.17) is 9.47 Å². The minimum Gasteiger partial charge on any atom is -0.486 e. The van der Waals surface area contributed by atoms with E-state index in [1.807, 2.05) is 0 Å². The standard InChI is InChI=1S/C19H15FN2O3S/c1-2-8-22-17-13(20)4-3-5-16(17)26-19(22)21-18(23)12-6-7-14-15(11-12)25-10-9-24-14/h2-7,11H,1,8-10H2. The van der Waals surface area contributed by atoms with Crippen LogP contribution < -0.4 is 14.3 Å². The molecule has 26 heavy (non-hydrogen) atoms. The Morgan fingerprint density at radius 2 is 2.08 bits per heavy atom. The molecule has 1 aliphatic heterocycles. The molecule has 0 aliphatic carbocycles. The Kier molecular flexibility index (Phi) is 4.30. The molecule has 0 N–H and O–H groups in total. The number of thiazole rings is 1. The van der Waals surface area contributed by atoms with Gasteiger partial charge in [-0.3, -0.25) is 4.79 Å². The van der Waals surface area contributed by atoms with E-state index in [-0.39, 0.29) is 5.82 Å². The fraction of sp³-hybridized carbons (Fsp3) is 0.158. The van der Waals surface area contributed by atoms with E-state index in [0.717, 1.165) is 4.70 Å². The Labute approximate surface area is 152 Å². The van der Waals surface area contributed by atoms with Gasteiger partial charge in [0, 0.05) is 12.1 Å². The van der Waals surface area contributed by atoms with Crippen molar-refractivity contribution in [1.29, 1.82) is 0 Å². The van der Waals surface area contributed by atoms with E-state index < -0.39 is 5.91 Å². The van der Waals surface area contributed by atoms with Gasteiger partial charge in [-0.2, -0.15) is 4.99 Å². The van der Waals surface area contributed by atoms with Gasteiger partial charge in [-0.1, -0.05) is 23.5 Å². The van der Waals surface area contributed by atoms with Gasteiger partial charge in [0.05, 0.1) is 10.2 Å². The molecule has 1 amide bonds. The Balaban J connectivity index is 1.80. The second kappa shape index (κ2) is 6.76. The fourth-order valence-electron chi connectivity index (χ4n) is 2.80. The van der Waals surface area contributed by atoms with Crippen LogP contribution in [0.5, 0.6) is 11.5 Å². The van der Waals surface area contributed by atoms with Gasteiger partial charge in [-0.15, -0.1) is 6.58 Å². The highest BCUT2D eigenvalue weighted by atomic mass is 32.1. The molecular formula is C19H15FN2O3S. The first-order valence-corrected chi connectivity index (χ1v) is 8.86. The Morgan fingerprint density at radius 3 is 2.88 bits per heavy atom. The number of hydrogen-bond acceptors (Lipinski definition) is 4. The summed E-state index contributed by atoms with van der Waals surface area (Å²) in [5.41, 5.74) is 0.809. The maximum atomic E-state index is 14.2. The van der Waals surface area contributed by atoms with Crippen molar-refractivity contribution in [1.82, 2.24) is 4.57 Å². The van der Waals surface area contributed by atoms with Crippen molar-refractivity contribution in [3.05, 3.63) is 65.2 Å². The third-order valence-corrected chi connectivity index (χ3v) is 4.99. The summed E-state index contributed by atoms with van der Waals surface area (Å²) < 4.78 is 27.6. The van der Waals surface area contributed by atoms with Crippen LogP contribution in [0.2, 0.25) is 0 Å². The second-order valence-corrected chi connectivity index (χ2v) is 6.65. The summed E-state index contributed by atoms with van der Waals surface area (Å²) in [6.45, 7) is 4.99. The number of amides is 1. The molecule has 2 heterocycles. The molecule has 0 bridgehead atoms. The summed E-state index contributed by atoms with van der Waals surface area (Å²) in [6, 6.07) is 9.78. The molecule has 0 radical (unpaired) electrons. The molecule has 0 fully saturated rings. The normalized spacial score (nSPS) is 13.8. The Bertz CT molecular complexity index is 1080. The first-order valence-electron chi connectivity index (χ1n) is 8.05. The Hall–Kier alpha value is -2.93. The summed E-state index contributed by atoms with van der Waals surface area (Å²) in [6.07, 6.45) is 1.65. The lowest BCUT2D eigenvalue weighted by molar-refractivity contribution is 0.0996. The van der Waals surface area contributed by atoms with Crippen molar-refractivity contribution in [3.8, 4) is 11.5 Å². The fourth-order valence-corrected chi connectivity index (χ4v) is 3.85. The molecule has 0 spiro atoms. The number of fused-ring (bicyclic) bond motifs is 2. The first-order chi connectivity index (χ1) is 12.7. The molecule has 4 rings (SSSR count). The van der Waals surface area contributed by atoms with Crippen LogP contribution in [0.3, 0.4) is 0 Å². The van der Waals surface area contributed by atoms with Gasteiger partial charge in [0.2, 0.25) is 0 Å². The van der Waals surface area contributed by atoms with Gasteiger partial charge in [0.15, 0.2) is 16.3 Å². The molecule has 0 saturated heterocycles. The van der Waals surface area contributed by atoms with E-state index in [2.05, 4.69) is 11.6 Å². The molecule has 132 valence electrons. The van der Waals surface area contributed by atoms with E-state index >= 15 is 0 Å². The predicted octanol–water partition coefficient (Wildman–Crippen LogP) is 3.54. The summed E-state index contributed by atoms with van der Waals surface area (Å²) in [4.78, 5) is 17.3. The molecule has 1 aliphatic rings. The zero-order valence-corrected chi connectivity index (χ0v) is 14.6. The zero-order valence-electron chi connectivity index (χ0n) is 13.8. The summed E-state index contributed by atoms with van der Waals surface area (Å²) >= 11 is 1.26. The van der Waals surface area contributed by atoms with Crippen molar-refractivity contribution >= 4 is 27.5 Å². The SMILES string of the molecule is C=CCn1c(=NC(=O)c2ccc3c(c2)OCCO3)sc2cccc(F)c21. The van der Waals surface area contributed by atoms with Crippen LogP contribution in [-0.4, -0.2) is 23.7 Å². The van der Waals surface area contributed by atoms with Gasteiger partial charge in [0.1, 0.15) is 19.0 Å². The number of carbonyl (C=O) groups excluding carboxylic acids is 1. The monoisotopic (exact) mass is 370 g/mol. The molecule has 0 atom stereocenters. The lowest BCUT2D eigenvalue weighted by Gasteiger charge is -2.18. The highest BCUT2D eigenvalue weighted by Crippen LogP contribution is 2.31. The van der Waals surface area contributed by atoms with Gasteiger partial charge >= 0.3 is 0 Å². The topological polar surface area (TPSA) is 52.8 Å². The number of rotatable bonds is 3. The summed E-state index contributed by atoms with van der Waals surface area (Å²) in [5, 5.41) is 0. The van der Waals surface area contributed by atoms with Gasteiger partial charge < -0.3 is 14.0 Å². The number of carbonyl (C=O) groups is 1. The van der Waals surface area contributed by atoms with Crippen LogP contribution in [0, 0.1) is 5.82 Å². The Morgan fingerprint density at radius 1 is 1.27 bits per heavy atom. The average Bonchev–Trinajstić information content (AvgIpc) is 3.00.